The summed E-state index contributed by atoms with van der Waals surface area (Å²) in [5.74, 6) is 0.00974. The van der Waals surface area contributed by atoms with Crippen molar-refractivity contribution in [1.82, 2.24) is 0 Å². The number of hydrogen-bond acceptors (Lipinski definition) is 6. The average Bonchev–Trinajstić information content (AvgIpc) is 2.55. The molecule has 0 aliphatic carbocycles. The lowest BCUT2D eigenvalue weighted by Crippen LogP contribution is -2.42. The standard InChI is InChI=1S/C16H21NO6/c1-3-5-22-13-7-11(9-18)6-12-16(13)23-10-14(19)17(12)8-15(20)21-4-2/h6-7,18H,3-5,8-10H2,1-2H3. The highest BCUT2D eigenvalue weighted by Crippen LogP contribution is 2.41. The first kappa shape index (κ1) is 17.1. The molecule has 0 saturated carbocycles. The Hall–Kier alpha value is -2.28. The summed E-state index contributed by atoms with van der Waals surface area (Å²) in [5, 5.41) is 9.42. The predicted octanol–water partition coefficient (Wildman–Crippen LogP) is 1.26. The Kier molecular flexibility index (Phi) is 5.81. The van der Waals surface area contributed by atoms with Crippen molar-refractivity contribution < 1.29 is 28.9 Å². The van der Waals surface area contributed by atoms with E-state index < -0.39 is 5.97 Å². The van der Waals surface area contributed by atoms with Gasteiger partial charge in [-0.3, -0.25) is 14.5 Å². The highest BCUT2D eigenvalue weighted by Gasteiger charge is 2.30. The second-order valence-electron chi connectivity index (χ2n) is 5.02. The monoisotopic (exact) mass is 323 g/mol. The number of benzene rings is 1. The molecule has 0 aromatic heterocycles. The maximum Gasteiger partial charge on any atom is 0.326 e. The van der Waals surface area contributed by atoms with Crippen LogP contribution >= 0.6 is 0 Å². The van der Waals surface area contributed by atoms with Gasteiger partial charge in [0.1, 0.15) is 6.54 Å². The summed E-state index contributed by atoms with van der Waals surface area (Å²) in [6.45, 7) is 3.81. The molecule has 7 nitrogen and oxygen atoms in total. The fourth-order valence-electron chi connectivity index (χ4n) is 2.25. The summed E-state index contributed by atoms with van der Waals surface area (Å²) in [6.07, 6.45) is 0.809. The van der Waals surface area contributed by atoms with E-state index >= 15 is 0 Å². The van der Waals surface area contributed by atoms with E-state index in [0.29, 0.717) is 29.4 Å². The van der Waals surface area contributed by atoms with Crippen LogP contribution in [0.5, 0.6) is 11.5 Å². The van der Waals surface area contributed by atoms with Crippen molar-refractivity contribution in [3.05, 3.63) is 17.7 Å². The van der Waals surface area contributed by atoms with Crippen LogP contribution in [0.15, 0.2) is 12.1 Å². The first-order chi connectivity index (χ1) is 11.1. The number of rotatable bonds is 7. The summed E-state index contributed by atoms with van der Waals surface area (Å²) >= 11 is 0. The van der Waals surface area contributed by atoms with Gasteiger partial charge < -0.3 is 19.3 Å². The Morgan fingerprint density at radius 3 is 2.83 bits per heavy atom. The van der Waals surface area contributed by atoms with Gasteiger partial charge in [-0.15, -0.1) is 0 Å². The first-order valence-corrected chi connectivity index (χ1v) is 7.60. The van der Waals surface area contributed by atoms with E-state index in [1.165, 1.54) is 4.90 Å². The minimum atomic E-state index is -0.501. The molecule has 126 valence electrons. The second kappa shape index (κ2) is 7.82. The van der Waals surface area contributed by atoms with Gasteiger partial charge in [0.25, 0.3) is 5.91 Å². The summed E-state index contributed by atoms with van der Waals surface area (Å²) in [5.41, 5.74) is 0.981. The smallest absolute Gasteiger partial charge is 0.326 e. The lowest BCUT2D eigenvalue weighted by Gasteiger charge is -2.30. The van der Waals surface area contributed by atoms with Crippen LogP contribution < -0.4 is 14.4 Å². The number of carbonyl (C=O) groups excluding carboxylic acids is 2. The van der Waals surface area contributed by atoms with Crippen molar-refractivity contribution in [2.24, 2.45) is 0 Å². The number of amides is 1. The number of aliphatic hydroxyl groups excluding tert-OH is 1. The largest absolute Gasteiger partial charge is 0.490 e. The minimum Gasteiger partial charge on any atom is -0.490 e. The average molecular weight is 323 g/mol. The number of aliphatic hydroxyl groups is 1. The molecule has 1 N–H and O–H groups in total. The Labute approximate surface area is 134 Å². The molecule has 23 heavy (non-hydrogen) atoms. The molecule has 1 amide bonds. The number of carbonyl (C=O) groups is 2. The molecule has 1 aromatic rings. The molecule has 0 atom stereocenters. The van der Waals surface area contributed by atoms with Crippen molar-refractivity contribution >= 4 is 17.6 Å². The van der Waals surface area contributed by atoms with E-state index in [0.717, 1.165) is 6.42 Å². The number of nitrogens with zero attached hydrogens (tertiary/aromatic N) is 1. The highest BCUT2D eigenvalue weighted by atomic mass is 16.5. The Balaban J connectivity index is 2.38. The molecule has 0 saturated heterocycles. The topological polar surface area (TPSA) is 85.3 Å². The van der Waals surface area contributed by atoms with Crippen LogP contribution in [-0.2, 0) is 20.9 Å². The molecule has 0 radical (unpaired) electrons. The van der Waals surface area contributed by atoms with Crippen molar-refractivity contribution in [3.63, 3.8) is 0 Å². The molecule has 0 fully saturated rings. The molecular weight excluding hydrogens is 302 g/mol. The number of anilines is 1. The molecular formula is C16H21NO6. The normalized spacial score (nSPS) is 13.3. The fourth-order valence-corrected chi connectivity index (χ4v) is 2.25. The van der Waals surface area contributed by atoms with Gasteiger partial charge in [-0.2, -0.15) is 0 Å². The zero-order valence-electron chi connectivity index (χ0n) is 13.3. The lowest BCUT2D eigenvalue weighted by molar-refractivity contribution is -0.142. The van der Waals surface area contributed by atoms with Gasteiger partial charge in [0.15, 0.2) is 18.1 Å². The lowest BCUT2D eigenvalue weighted by atomic mass is 10.1. The van der Waals surface area contributed by atoms with E-state index in [4.69, 9.17) is 14.2 Å². The Bertz CT molecular complexity index is 586. The molecule has 1 heterocycles. The predicted molar refractivity (Wildman–Crippen MR) is 82.6 cm³/mol. The van der Waals surface area contributed by atoms with E-state index in [9.17, 15) is 14.7 Å². The zero-order chi connectivity index (χ0) is 16.8. The van der Waals surface area contributed by atoms with Gasteiger partial charge in [-0.25, -0.2) is 0 Å². The van der Waals surface area contributed by atoms with E-state index in [2.05, 4.69) is 0 Å². The maximum absolute atomic E-state index is 12.1. The Morgan fingerprint density at radius 2 is 2.17 bits per heavy atom. The Morgan fingerprint density at radius 1 is 1.39 bits per heavy atom. The van der Waals surface area contributed by atoms with Crippen LogP contribution in [0.4, 0.5) is 5.69 Å². The molecule has 1 aliphatic rings. The van der Waals surface area contributed by atoms with Crippen LogP contribution in [0.2, 0.25) is 0 Å². The number of esters is 1. The van der Waals surface area contributed by atoms with Crippen molar-refractivity contribution in [1.29, 1.82) is 0 Å². The molecule has 1 aromatic carbocycles. The van der Waals surface area contributed by atoms with Gasteiger partial charge in [0.2, 0.25) is 0 Å². The van der Waals surface area contributed by atoms with Gasteiger partial charge in [-0.1, -0.05) is 6.92 Å². The first-order valence-electron chi connectivity index (χ1n) is 7.60. The van der Waals surface area contributed by atoms with E-state index in [1.54, 1.807) is 19.1 Å². The molecule has 0 bridgehead atoms. The quantitative estimate of drug-likeness (QED) is 0.760. The summed E-state index contributed by atoms with van der Waals surface area (Å²) < 4.78 is 16.0. The molecule has 7 heteroatoms. The third-order valence-corrected chi connectivity index (χ3v) is 3.26. The number of ether oxygens (including phenoxy) is 3. The van der Waals surface area contributed by atoms with Crippen molar-refractivity contribution in [2.75, 3.05) is 31.3 Å². The third kappa shape index (κ3) is 3.92. The number of fused-ring (bicyclic) bond motifs is 1. The molecule has 1 aliphatic heterocycles. The van der Waals surface area contributed by atoms with Gasteiger partial charge in [-0.05, 0) is 31.0 Å². The van der Waals surface area contributed by atoms with Crippen LogP contribution in [-0.4, -0.2) is 43.3 Å². The van der Waals surface area contributed by atoms with Gasteiger partial charge >= 0.3 is 5.97 Å². The van der Waals surface area contributed by atoms with E-state index in [-0.39, 0.29) is 32.3 Å². The summed E-state index contributed by atoms with van der Waals surface area (Å²) in [4.78, 5) is 25.2. The van der Waals surface area contributed by atoms with Crippen molar-refractivity contribution in [3.8, 4) is 11.5 Å². The van der Waals surface area contributed by atoms with Crippen LogP contribution in [0.1, 0.15) is 25.8 Å². The van der Waals surface area contributed by atoms with Crippen LogP contribution in [0, 0.1) is 0 Å². The maximum atomic E-state index is 12.1. The zero-order valence-corrected chi connectivity index (χ0v) is 13.3. The van der Waals surface area contributed by atoms with Crippen LogP contribution in [0.3, 0.4) is 0 Å². The summed E-state index contributed by atoms with van der Waals surface area (Å²) in [6, 6.07) is 3.29. The fraction of sp³-hybridized carbons (Fsp3) is 0.500. The van der Waals surface area contributed by atoms with Gasteiger partial charge in [0, 0.05) is 0 Å². The minimum absolute atomic E-state index is 0.173. The van der Waals surface area contributed by atoms with E-state index in [1.807, 2.05) is 6.92 Å². The van der Waals surface area contributed by atoms with Crippen LogP contribution in [0.25, 0.3) is 0 Å². The third-order valence-electron chi connectivity index (χ3n) is 3.26. The molecule has 0 spiro atoms. The SMILES string of the molecule is CCCOc1cc(CO)cc2c1OCC(=O)N2CC(=O)OCC. The summed E-state index contributed by atoms with van der Waals surface area (Å²) in [7, 11) is 0. The highest BCUT2D eigenvalue weighted by molar-refractivity contribution is 6.02. The van der Waals surface area contributed by atoms with Gasteiger partial charge in [0.05, 0.1) is 25.5 Å². The van der Waals surface area contributed by atoms with Crippen molar-refractivity contribution in [2.45, 2.75) is 26.9 Å². The second-order valence-corrected chi connectivity index (χ2v) is 5.02. The number of hydrogen-bond donors (Lipinski definition) is 1. The molecule has 2 rings (SSSR count). The molecule has 0 unspecified atom stereocenters.